The van der Waals surface area contributed by atoms with E-state index in [9.17, 15) is 0 Å². The highest BCUT2D eigenvalue weighted by molar-refractivity contribution is 6.28. The van der Waals surface area contributed by atoms with Crippen LogP contribution in [0.15, 0.2) is 6.20 Å². The van der Waals surface area contributed by atoms with E-state index in [0.717, 1.165) is 17.7 Å². The molecule has 1 aromatic rings. The second kappa shape index (κ2) is 4.24. The molecular formula is C10H13ClN2O. The number of halogens is 1. The van der Waals surface area contributed by atoms with Gasteiger partial charge in [0.25, 0.3) is 0 Å². The zero-order valence-electron chi connectivity index (χ0n) is 8.16. The maximum Gasteiger partial charge on any atom is 0.222 e. The Balaban J connectivity index is 2.05. The van der Waals surface area contributed by atoms with E-state index in [-0.39, 0.29) is 0 Å². The van der Waals surface area contributed by atoms with E-state index in [2.05, 4.69) is 16.9 Å². The van der Waals surface area contributed by atoms with E-state index < -0.39 is 0 Å². The Morgan fingerprint density at radius 3 is 3.00 bits per heavy atom. The molecule has 1 aromatic heterocycles. The molecule has 1 heterocycles. The summed E-state index contributed by atoms with van der Waals surface area (Å²) in [5, 5.41) is 0.317. The van der Waals surface area contributed by atoms with Crippen molar-refractivity contribution in [1.29, 1.82) is 0 Å². The molecule has 3 nitrogen and oxygen atoms in total. The molecule has 0 amide bonds. The Bertz CT molecular complexity index is 326. The first kappa shape index (κ1) is 9.87. The second-order valence-corrected chi connectivity index (χ2v) is 3.81. The lowest BCUT2D eigenvalue weighted by Gasteiger charge is -2.06. The topological polar surface area (TPSA) is 35.0 Å². The molecule has 0 aliphatic heterocycles. The number of hydrogen-bond acceptors (Lipinski definition) is 3. The molecule has 1 fully saturated rings. The smallest absolute Gasteiger partial charge is 0.222 e. The fourth-order valence-corrected chi connectivity index (χ4v) is 1.44. The van der Waals surface area contributed by atoms with Crippen LogP contribution in [0.4, 0.5) is 0 Å². The molecule has 1 saturated carbocycles. The van der Waals surface area contributed by atoms with E-state index in [1.807, 2.05) is 0 Å². The molecule has 4 heteroatoms. The van der Waals surface area contributed by atoms with Crippen LogP contribution in [0.2, 0.25) is 5.28 Å². The van der Waals surface area contributed by atoms with Crippen LogP contribution in [0.3, 0.4) is 0 Å². The lowest BCUT2D eigenvalue weighted by atomic mass is 10.2. The van der Waals surface area contributed by atoms with Gasteiger partial charge in [-0.05, 0) is 30.9 Å². The number of aromatic nitrogens is 2. The van der Waals surface area contributed by atoms with E-state index in [4.69, 9.17) is 16.3 Å². The zero-order chi connectivity index (χ0) is 9.97. The van der Waals surface area contributed by atoms with Crippen LogP contribution in [0.5, 0.6) is 0 Å². The van der Waals surface area contributed by atoms with Gasteiger partial charge < -0.3 is 4.74 Å². The van der Waals surface area contributed by atoms with Gasteiger partial charge >= 0.3 is 0 Å². The number of hydrogen-bond donors (Lipinski definition) is 0. The summed E-state index contributed by atoms with van der Waals surface area (Å²) in [7, 11) is 0. The Morgan fingerprint density at radius 1 is 1.57 bits per heavy atom. The summed E-state index contributed by atoms with van der Waals surface area (Å²) in [5.74, 6) is 0. The number of nitrogens with zero attached hydrogens (tertiary/aromatic N) is 2. The van der Waals surface area contributed by atoms with Gasteiger partial charge in [0.2, 0.25) is 5.28 Å². The molecule has 14 heavy (non-hydrogen) atoms. The van der Waals surface area contributed by atoms with Crippen molar-refractivity contribution in [2.45, 2.75) is 38.9 Å². The largest absolute Gasteiger partial charge is 0.373 e. The van der Waals surface area contributed by atoms with Gasteiger partial charge in [-0.2, -0.15) is 0 Å². The van der Waals surface area contributed by atoms with E-state index >= 15 is 0 Å². The lowest BCUT2D eigenvalue weighted by Crippen LogP contribution is -2.02. The number of ether oxygens (including phenoxy) is 1. The van der Waals surface area contributed by atoms with Gasteiger partial charge in [-0.3, -0.25) is 0 Å². The molecule has 0 spiro atoms. The lowest BCUT2D eigenvalue weighted by molar-refractivity contribution is 0.105. The monoisotopic (exact) mass is 212 g/mol. The Labute approximate surface area is 88.5 Å². The van der Waals surface area contributed by atoms with Gasteiger partial charge in [-0.1, -0.05) is 6.92 Å². The molecule has 0 aromatic carbocycles. The van der Waals surface area contributed by atoms with E-state index in [1.54, 1.807) is 6.20 Å². The first-order valence-corrected chi connectivity index (χ1v) is 5.29. The molecule has 0 N–H and O–H groups in total. The molecule has 1 aliphatic rings. The van der Waals surface area contributed by atoms with Gasteiger partial charge in [0.15, 0.2) is 0 Å². The van der Waals surface area contributed by atoms with Crippen LogP contribution in [0, 0.1) is 0 Å². The van der Waals surface area contributed by atoms with Crippen LogP contribution >= 0.6 is 11.6 Å². The van der Waals surface area contributed by atoms with Crippen molar-refractivity contribution in [1.82, 2.24) is 9.97 Å². The molecule has 2 rings (SSSR count). The summed E-state index contributed by atoms with van der Waals surface area (Å²) in [6.07, 6.45) is 5.48. The van der Waals surface area contributed by atoms with Gasteiger partial charge in [0.1, 0.15) is 0 Å². The van der Waals surface area contributed by atoms with Crippen LogP contribution < -0.4 is 0 Å². The van der Waals surface area contributed by atoms with Gasteiger partial charge in [-0.15, -0.1) is 0 Å². The highest BCUT2D eigenvalue weighted by atomic mass is 35.5. The fraction of sp³-hybridized carbons (Fsp3) is 0.600. The Morgan fingerprint density at radius 2 is 2.36 bits per heavy atom. The molecule has 0 radical (unpaired) electrons. The van der Waals surface area contributed by atoms with Crippen molar-refractivity contribution in [3.63, 3.8) is 0 Å². The van der Waals surface area contributed by atoms with Gasteiger partial charge in [-0.25, -0.2) is 9.97 Å². The first-order chi connectivity index (χ1) is 6.79. The molecule has 0 bridgehead atoms. The average molecular weight is 213 g/mol. The van der Waals surface area contributed by atoms with Crippen molar-refractivity contribution in [3.8, 4) is 0 Å². The summed E-state index contributed by atoms with van der Waals surface area (Å²) in [6, 6.07) is 0. The Hall–Kier alpha value is -0.670. The quantitative estimate of drug-likeness (QED) is 0.719. The molecule has 0 saturated heterocycles. The number of rotatable bonds is 4. The highest BCUT2D eigenvalue weighted by Crippen LogP contribution is 2.25. The maximum atomic E-state index is 5.71. The second-order valence-electron chi connectivity index (χ2n) is 3.47. The zero-order valence-corrected chi connectivity index (χ0v) is 8.92. The third-order valence-electron chi connectivity index (χ3n) is 2.26. The van der Waals surface area contributed by atoms with Crippen molar-refractivity contribution in [3.05, 3.63) is 22.7 Å². The summed E-state index contributed by atoms with van der Waals surface area (Å²) in [5.41, 5.74) is 2.05. The minimum absolute atomic E-state index is 0.317. The predicted molar refractivity (Wildman–Crippen MR) is 54.2 cm³/mol. The van der Waals surface area contributed by atoms with Crippen molar-refractivity contribution in [2.24, 2.45) is 0 Å². The normalized spacial score (nSPS) is 15.9. The van der Waals surface area contributed by atoms with Crippen LogP contribution in [-0.2, 0) is 17.8 Å². The predicted octanol–water partition coefficient (Wildman–Crippen LogP) is 2.37. The molecule has 0 atom stereocenters. The first-order valence-electron chi connectivity index (χ1n) is 4.91. The SMILES string of the molecule is CCc1nc(Cl)ncc1COC1CC1. The Kier molecular flexibility index (Phi) is 2.99. The van der Waals surface area contributed by atoms with Crippen molar-refractivity contribution < 1.29 is 4.74 Å². The average Bonchev–Trinajstić information content (AvgIpc) is 2.99. The molecular weight excluding hydrogens is 200 g/mol. The maximum absolute atomic E-state index is 5.71. The van der Waals surface area contributed by atoms with E-state index in [0.29, 0.717) is 18.0 Å². The molecule has 0 unspecified atom stereocenters. The van der Waals surface area contributed by atoms with E-state index in [1.165, 1.54) is 12.8 Å². The number of aryl methyl sites for hydroxylation is 1. The third kappa shape index (κ3) is 2.42. The third-order valence-corrected chi connectivity index (χ3v) is 2.44. The van der Waals surface area contributed by atoms with Crippen molar-refractivity contribution in [2.75, 3.05) is 0 Å². The van der Waals surface area contributed by atoms with Gasteiger partial charge in [0.05, 0.1) is 18.4 Å². The van der Waals surface area contributed by atoms with Crippen molar-refractivity contribution >= 4 is 11.6 Å². The standard InChI is InChI=1S/C10H13ClN2O/c1-2-9-7(5-12-10(11)13-9)6-14-8-3-4-8/h5,8H,2-4,6H2,1H3. The summed E-state index contributed by atoms with van der Waals surface area (Å²) >= 11 is 5.71. The molecule has 1 aliphatic carbocycles. The summed E-state index contributed by atoms with van der Waals surface area (Å²) < 4.78 is 5.60. The minimum atomic E-state index is 0.317. The minimum Gasteiger partial charge on any atom is -0.373 e. The highest BCUT2D eigenvalue weighted by Gasteiger charge is 2.22. The molecule has 76 valence electrons. The van der Waals surface area contributed by atoms with Gasteiger partial charge in [0, 0.05) is 11.8 Å². The van der Waals surface area contributed by atoms with Crippen LogP contribution in [0.1, 0.15) is 31.0 Å². The fourth-order valence-electron chi connectivity index (χ4n) is 1.29. The summed E-state index contributed by atoms with van der Waals surface area (Å²) in [4.78, 5) is 8.12. The summed E-state index contributed by atoms with van der Waals surface area (Å²) in [6.45, 7) is 2.67. The van der Waals surface area contributed by atoms with Crippen LogP contribution in [-0.4, -0.2) is 16.1 Å². The van der Waals surface area contributed by atoms with Crippen LogP contribution in [0.25, 0.3) is 0 Å².